The zero-order valence-electron chi connectivity index (χ0n) is 10.1. The molecule has 0 fully saturated rings. The first kappa shape index (κ1) is 11.4. The standard InChI is InChI=1S/C15H16N2/c1-12-8-6-7-11-15(12)17-16-13(2)14-9-4-3-5-10-14/h3-11,17H,1-2H3/b16-13-. The molecule has 0 aliphatic carbocycles. The summed E-state index contributed by atoms with van der Waals surface area (Å²) >= 11 is 0. The molecule has 86 valence electrons. The van der Waals surface area contributed by atoms with Gasteiger partial charge in [-0.05, 0) is 31.0 Å². The van der Waals surface area contributed by atoms with Crippen molar-refractivity contribution in [3.05, 3.63) is 65.7 Å². The van der Waals surface area contributed by atoms with Crippen LogP contribution in [-0.4, -0.2) is 5.71 Å². The second-order valence-corrected chi connectivity index (χ2v) is 3.99. The molecule has 0 unspecified atom stereocenters. The summed E-state index contributed by atoms with van der Waals surface area (Å²) in [6, 6.07) is 18.3. The molecule has 0 aliphatic heterocycles. The van der Waals surface area contributed by atoms with E-state index in [1.54, 1.807) is 0 Å². The molecule has 0 heterocycles. The summed E-state index contributed by atoms with van der Waals surface area (Å²) in [5, 5.41) is 4.39. The topological polar surface area (TPSA) is 24.4 Å². The summed E-state index contributed by atoms with van der Waals surface area (Å²) in [6.07, 6.45) is 0. The number of nitrogens with one attached hydrogen (secondary N) is 1. The average Bonchev–Trinajstić information content (AvgIpc) is 2.38. The minimum atomic E-state index is 0.980. The van der Waals surface area contributed by atoms with Crippen molar-refractivity contribution >= 4 is 11.4 Å². The van der Waals surface area contributed by atoms with Gasteiger partial charge in [-0.1, -0.05) is 48.5 Å². The molecule has 1 N–H and O–H groups in total. The Hall–Kier alpha value is -2.09. The number of anilines is 1. The highest BCUT2D eigenvalue weighted by Gasteiger charge is 1.97. The van der Waals surface area contributed by atoms with E-state index >= 15 is 0 Å². The highest BCUT2D eigenvalue weighted by molar-refractivity contribution is 5.99. The maximum absolute atomic E-state index is 4.39. The van der Waals surface area contributed by atoms with Gasteiger partial charge in [0.1, 0.15) is 0 Å². The number of hydrogen-bond donors (Lipinski definition) is 1. The molecule has 2 aromatic carbocycles. The lowest BCUT2D eigenvalue weighted by atomic mass is 10.1. The van der Waals surface area contributed by atoms with Gasteiger partial charge in [-0.15, -0.1) is 0 Å². The van der Waals surface area contributed by atoms with Crippen LogP contribution in [0.25, 0.3) is 0 Å². The maximum Gasteiger partial charge on any atom is 0.0648 e. The molecule has 0 bridgehead atoms. The van der Waals surface area contributed by atoms with Gasteiger partial charge in [0, 0.05) is 0 Å². The zero-order valence-corrected chi connectivity index (χ0v) is 10.1. The van der Waals surface area contributed by atoms with Crippen LogP contribution in [0.3, 0.4) is 0 Å². The maximum atomic E-state index is 4.39. The van der Waals surface area contributed by atoms with Gasteiger partial charge in [-0.2, -0.15) is 5.10 Å². The van der Waals surface area contributed by atoms with Crippen LogP contribution in [0.5, 0.6) is 0 Å². The first-order valence-corrected chi connectivity index (χ1v) is 5.69. The van der Waals surface area contributed by atoms with Gasteiger partial charge < -0.3 is 0 Å². The summed E-state index contributed by atoms with van der Waals surface area (Å²) in [6.45, 7) is 4.07. The molecular formula is C15H16N2. The molecule has 2 nitrogen and oxygen atoms in total. The Labute approximate surface area is 102 Å². The lowest BCUT2D eigenvalue weighted by Gasteiger charge is -2.06. The zero-order chi connectivity index (χ0) is 12.1. The van der Waals surface area contributed by atoms with Crippen molar-refractivity contribution in [3.63, 3.8) is 0 Å². The quantitative estimate of drug-likeness (QED) is 0.622. The first-order chi connectivity index (χ1) is 8.27. The lowest BCUT2D eigenvalue weighted by Crippen LogP contribution is -2.00. The smallest absolute Gasteiger partial charge is 0.0648 e. The van der Waals surface area contributed by atoms with Crippen molar-refractivity contribution in [2.45, 2.75) is 13.8 Å². The van der Waals surface area contributed by atoms with Crippen LogP contribution in [0.2, 0.25) is 0 Å². The predicted octanol–water partition coefficient (Wildman–Crippen LogP) is 3.83. The number of benzene rings is 2. The van der Waals surface area contributed by atoms with Crippen molar-refractivity contribution in [1.29, 1.82) is 0 Å². The lowest BCUT2D eigenvalue weighted by molar-refractivity contribution is 1.29. The molecule has 0 spiro atoms. The number of aryl methyl sites for hydroxylation is 1. The van der Waals surface area contributed by atoms with Gasteiger partial charge >= 0.3 is 0 Å². The van der Waals surface area contributed by atoms with Gasteiger partial charge in [0.25, 0.3) is 0 Å². The van der Waals surface area contributed by atoms with E-state index in [-0.39, 0.29) is 0 Å². The fourth-order valence-electron chi connectivity index (χ4n) is 1.59. The highest BCUT2D eigenvalue weighted by atomic mass is 15.3. The van der Waals surface area contributed by atoms with Crippen LogP contribution in [0.1, 0.15) is 18.1 Å². The van der Waals surface area contributed by atoms with Crippen molar-refractivity contribution in [3.8, 4) is 0 Å². The van der Waals surface area contributed by atoms with E-state index in [9.17, 15) is 0 Å². The van der Waals surface area contributed by atoms with Crippen molar-refractivity contribution in [2.24, 2.45) is 5.10 Å². The van der Waals surface area contributed by atoms with E-state index in [4.69, 9.17) is 0 Å². The van der Waals surface area contributed by atoms with Gasteiger partial charge in [-0.25, -0.2) is 0 Å². The molecule has 0 amide bonds. The fraction of sp³-hybridized carbons (Fsp3) is 0.133. The Balaban J connectivity index is 2.14. The van der Waals surface area contributed by atoms with Crippen molar-refractivity contribution in [1.82, 2.24) is 0 Å². The summed E-state index contributed by atoms with van der Waals surface area (Å²) in [7, 11) is 0. The third kappa shape index (κ3) is 2.94. The Morgan fingerprint density at radius 2 is 1.59 bits per heavy atom. The van der Waals surface area contributed by atoms with Crippen LogP contribution in [0.4, 0.5) is 5.69 Å². The molecule has 0 saturated carbocycles. The first-order valence-electron chi connectivity index (χ1n) is 5.69. The van der Waals surface area contributed by atoms with Crippen LogP contribution < -0.4 is 5.43 Å². The molecule has 2 heteroatoms. The summed E-state index contributed by atoms with van der Waals surface area (Å²) in [5.74, 6) is 0. The molecule has 0 saturated heterocycles. The van der Waals surface area contributed by atoms with E-state index in [1.807, 2.05) is 43.3 Å². The molecular weight excluding hydrogens is 208 g/mol. The number of rotatable bonds is 3. The molecule has 17 heavy (non-hydrogen) atoms. The normalized spacial score (nSPS) is 11.3. The van der Waals surface area contributed by atoms with Crippen LogP contribution in [-0.2, 0) is 0 Å². The van der Waals surface area contributed by atoms with E-state index in [2.05, 4.69) is 35.7 Å². The Kier molecular flexibility index (Phi) is 3.55. The Morgan fingerprint density at radius 1 is 0.941 bits per heavy atom. The molecule has 0 radical (unpaired) electrons. The van der Waals surface area contributed by atoms with Crippen molar-refractivity contribution in [2.75, 3.05) is 5.43 Å². The monoisotopic (exact) mass is 224 g/mol. The molecule has 2 aromatic rings. The van der Waals surface area contributed by atoms with Crippen LogP contribution in [0, 0.1) is 6.92 Å². The van der Waals surface area contributed by atoms with Crippen LogP contribution >= 0.6 is 0 Å². The predicted molar refractivity (Wildman–Crippen MR) is 73.5 cm³/mol. The minimum absolute atomic E-state index is 0.980. The number of para-hydroxylation sites is 1. The largest absolute Gasteiger partial charge is 0.278 e. The highest BCUT2D eigenvalue weighted by Crippen LogP contribution is 2.13. The number of hydrazone groups is 1. The second-order valence-electron chi connectivity index (χ2n) is 3.99. The van der Waals surface area contributed by atoms with Gasteiger partial charge in [0.15, 0.2) is 0 Å². The fourth-order valence-corrected chi connectivity index (χ4v) is 1.59. The second kappa shape index (κ2) is 5.30. The van der Waals surface area contributed by atoms with Crippen LogP contribution in [0.15, 0.2) is 59.7 Å². The van der Waals surface area contributed by atoms with Gasteiger partial charge in [0.05, 0.1) is 11.4 Å². The van der Waals surface area contributed by atoms with Crippen molar-refractivity contribution < 1.29 is 0 Å². The Morgan fingerprint density at radius 3 is 2.29 bits per heavy atom. The molecule has 0 atom stereocenters. The molecule has 0 aliphatic rings. The third-order valence-electron chi connectivity index (χ3n) is 2.68. The molecule has 0 aromatic heterocycles. The van der Waals surface area contributed by atoms with E-state index in [1.165, 1.54) is 5.56 Å². The van der Waals surface area contributed by atoms with E-state index < -0.39 is 0 Å². The summed E-state index contributed by atoms with van der Waals surface area (Å²) < 4.78 is 0. The van der Waals surface area contributed by atoms with Gasteiger partial charge in [0.2, 0.25) is 0 Å². The molecule has 2 rings (SSSR count). The number of nitrogens with zero attached hydrogens (tertiary/aromatic N) is 1. The summed E-state index contributed by atoms with van der Waals surface area (Å²) in [5.41, 5.74) is 7.45. The minimum Gasteiger partial charge on any atom is -0.278 e. The third-order valence-corrected chi connectivity index (χ3v) is 2.68. The summed E-state index contributed by atoms with van der Waals surface area (Å²) in [4.78, 5) is 0. The van der Waals surface area contributed by atoms with Gasteiger partial charge in [-0.3, -0.25) is 5.43 Å². The Bertz CT molecular complexity index is 515. The number of hydrogen-bond acceptors (Lipinski definition) is 2. The SMILES string of the molecule is C/C(=N/Nc1ccccc1C)c1ccccc1. The van der Waals surface area contributed by atoms with E-state index in [0.717, 1.165) is 17.0 Å². The van der Waals surface area contributed by atoms with E-state index in [0.29, 0.717) is 0 Å². The average molecular weight is 224 g/mol.